The van der Waals surface area contributed by atoms with Crippen molar-refractivity contribution < 1.29 is 9.21 Å². The van der Waals surface area contributed by atoms with Crippen LogP contribution >= 0.6 is 11.8 Å². The molecular formula is C19H19N3O2S. The van der Waals surface area contributed by atoms with Crippen LogP contribution in [0, 0.1) is 0 Å². The Labute approximate surface area is 150 Å². The van der Waals surface area contributed by atoms with Crippen molar-refractivity contribution in [2.45, 2.75) is 24.5 Å². The van der Waals surface area contributed by atoms with Crippen LogP contribution in [0.2, 0.25) is 0 Å². The van der Waals surface area contributed by atoms with Crippen molar-refractivity contribution in [2.24, 2.45) is 0 Å². The molecule has 0 bridgehead atoms. The van der Waals surface area contributed by atoms with E-state index in [9.17, 15) is 4.79 Å². The second kappa shape index (κ2) is 7.27. The highest BCUT2D eigenvalue weighted by Crippen LogP contribution is 2.26. The summed E-state index contributed by atoms with van der Waals surface area (Å²) in [7, 11) is 0. The molecule has 0 unspecified atom stereocenters. The number of likely N-dealkylation sites (tertiary alicyclic amines) is 1. The molecule has 0 atom stereocenters. The molecule has 0 radical (unpaired) electrons. The van der Waals surface area contributed by atoms with Crippen molar-refractivity contribution in [3.8, 4) is 11.5 Å². The molecule has 4 rings (SSSR count). The monoisotopic (exact) mass is 353 g/mol. The first-order valence-corrected chi connectivity index (χ1v) is 9.51. The van der Waals surface area contributed by atoms with E-state index in [1.165, 1.54) is 23.6 Å². The highest BCUT2D eigenvalue weighted by Gasteiger charge is 2.18. The molecule has 1 saturated heterocycles. The fourth-order valence-corrected chi connectivity index (χ4v) is 3.73. The molecule has 128 valence electrons. The highest BCUT2D eigenvalue weighted by atomic mass is 32.2. The summed E-state index contributed by atoms with van der Waals surface area (Å²) >= 11 is 1.31. The maximum absolute atomic E-state index is 12.2. The Morgan fingerprint density at radius 1 is 1.04 bits per heavy atom. The number of benzene rings is 2. The van der Waals surface area contributed by atoms with Crippen LogP contribution in [0.1, 0.15) is 19.3 Å². The molecule has 1 aromatic heterocycles. The quantitative estimate of drug-likeness (QED) is 0.664. The van der Waals surface area contributed by atoms with Crippen molar-refractivity contribution in [2.75, 3.05) is 18.8 Å². The normalized spacial score (nSPS) is 14.8. The number of hydrogen-bond acceptors (Lipinski definition) is 5. The zero-order valence-electron chi connectivity index (χ0n) is 13.9. The Bertz CT molecular complexity index is 887. The predicted molar refractivity (Wildman–Crippen MR) is 98.4 cm³/mol. The van der Waals surface area contributed by atoms with Crippen LogP contribution in [0.3, 0.4) is 0 Å². The van der Waals surface area contributed by atoms with Crippen molar-refractivity contribution in [3.63, 3.8) is 0 Å². The molecule has 0 spiro atoms. The van der Waals surface area contributed by atoms with Gasteiger partial charge in [-0.15, -0.1) is 10.2 Å². The molecule has 2 aromatic carbocycles. The molecule has 0 saturated carbocycles. The molecule has 25 heavy (non-hydrogen) atoms. The number of piperidine rings is 1. The summed E-state index contributed by atoms with van der Waals surface area (Å²) in [4.78, 5) is 14.1. The Morgan fingerprint density at radius 3 is 2.68 bits per heavy atom. The summed E-state index contributed by atoms with van der Waals surface area (Å²) in [5.41, 5.74) is 0.889. The summed E-state index contributed by atoms with van der Waals surface area (Å²) in [6, 6.07) is 14.2. The van der Waals surface area contributed by atoms with Crippen molar-refractivity contribution in [1.29, 1.82) is 0 Å². The van der Waals surface area contributed by atoms with Crippen LogP contribution in [-0.4, -0.2) is 39.8 Å². The molecule has 1 amide bonds. The number of amides is 1. The van der Waals surface area contributed by atoms with Gasteiger partial charge in [-0.1, -0.05) is 42.1 Å². The lowest BCUT2D eigenvalue weighted by Crippen LogP contribution is -2.36. The van der Waals surface area contributed by atoms with Gasteiger partial charge in [-0.25, -0.2) is 0 Å². The molecule has 5 nitrogen and oxygen atoms in total. The van der Waals surface area contributed by atoms with Crippen LogP contribution in [0.15, 0.2) is 52.1 Å². The van der Waals surface area contributed by atoms with Gasteiger partial charge in [0, 0.05) is 18.7 Å². The summed E-state index contributed by atoms with van der Waals surface area (Å²) in [6.45, 7) is 1.73. The summed E-state index contributed by atoms with van der Waals surface area (Å²) in [6.07, 6.45) is 3.42. The van der Waals surface area contributed by atoms with Crippen LogP contribution in [-0.2, 0) is 4.79 Å². The lowest BCUT2D eigenvalue weighted by atomic mass is 10.1. The van der Waals surface area contributed by atoms with E-state index in [4.69, 9.17) is 4.42 Å². The van der Waals surface area contributed by atoms with Crippen LogP contribution in [0.25, 0.3) is 22.2 Å². The van der Waals surface area contributed by atoms with Gasteiger partial charge in [-0.2, -0.15) is 0 Å². The Balaban J connectivity index is 1.43. The first-order valence-electron chi connectivity index (χ1n) is 8.53. The number of fused-ring (bicyclic) bond motifs is 1. The van der Waals surface area contributed by atoms with E-state index < -0.39 is 0 Å². The van der Waals surface area contributed by atoms with E-state index in [1.807, 2.05) is 35.2 Å². The number of aromatic nitrogens is 2. The zero-order valence-corrected chi connectivity index (χ0v) is 14.7. The third-order valence-electron chi connectivity index (χ3n) is 4.43. The lowest BCUT2D eigenvalue weighted by Gasteiger charge is -2.26. The van der Waals surface area contributed by atoms with Gasteiger partial charge in [0.2, 0.25) is 11.8 Å². The van der Waals surface area contributed by atoms with E-state index in [2.05, 4.69) is 22.3 Å². The fourth-order valence-electron chi connectivity index (χ4n) is 3.07. The van der Waals surface area contributed by atoms with Gasteiger partial charge in [0.05, 0.1) is 5.75 Å². The summed E-state index contributed by atoms with van der Waals surface area (Å²) in [5.74, 6) is 0.980. The molecule has 2 heterocycles. The summed E-state index contributed by atoms with van der Waals surface area (Å²) in [5, 5.41) is 10.9. The first kappa shape index (κ1) is 16.1. The molecular weight excluding hydrogens is 334 g/mol. The van der Waals surface area contributed by atoms with E-state index >= 15 is 0 Å². The minimum absolute atomic E-state index is 0.148. The summed E-state index contributed by atoms with van der Waals surface area (Å²) < 4.78 is 5.73. The second-order valence-electron chi connectivity index (χ2n) is 6.17. The third kappa shape index (κ3) is 3.69. The van der Waals surface area contributed by atoms with Crippen LogP contribution < -0.4 is 0 Å². The lowest BCUT2D eigenvalue weighted by molar-refractivity contribution is -0.129. The van der Waals surface area contributed by atoms with Gasteiger partial charge in [-0.05, 0) is 42.2 Å². The number of thioether (sulfide) groups is 1. The number of hydrogen-bond donors (Lipinski definition) is 0. The maximum Gasteiger partial charge on any atom is 0.277 e. The molecule has 1 aliphatic heterocycles. The topological polar surface area (TPSA) is 59.2 Å². The van der Waals surface area contributed by atoms with Crippen molar-refractivity contribution >= 4 is 28.4 Å². The smallest absolute Gasteiger partial charge is 0.277 e. The van der Waals surface area contributed by atoms with E-state index in [1.54, 1.807) is 0 Å². The van der Waals surface area contributed by atoms with E-state index in [0.29, 0.717) is 16.9 Å². The molecule has 1 aliphatic rings. The minimum atomic E-state index is 0.148. The van der Waals surface area contributed by atoms with Gasteiger partial charge < -0.3 is 9.32 Å². The number of nitrogens with zero attached hydrogens (tertiary/aromatic N) is 3. The van der Waals surface area contributed by atoms with Gasteiger partial charge in [0.1, 0.15) is 0 Å². The van der Waals surface area contributed by atoms with Gasteiger partial charge in [0.25, 0.3) is 5.22 Å². The molecule has 3 aromatic rings. The van der Waals surface area contributed by atoms with Gasteiger partial charge in [-0.3, -0.25) is 4.79 Å². The van der Waals surface area contributed by atoms with Gasteiger partial charge >= 0.3 is 0 Å². The molecule has 0 N–H and O–H groups in total. The van der Waals surface area contributed by atoms with Crippen LogP contribution in [0.5, 0.6) is 0 Å². The molecule has 6 heteroatoms. The minimum Gasteiger partial charge on any atom is -0.411 e. The highest BCUT2D eigenvalue weighted by molar-refractivity contribution is 7.99. The zero-order chi connectivity index (χ0) is 17.1. The molecule has 0 aliphatic carbocycles. The molecule has 1 fully saturated rings. The second-order valence-corrected chi connectivity index (χ2v) is 7.09. The Morgan fingerprint density at radius 2 is 1.84 bits per heavy atom. The standard InChI is InChI=1S/C19H19N3O2S/c23-17(22-10-4-1-5-11-22)13-25-19-21-20-18(24-19)16-9-8-14-6-2-3-7-15(14)12-16/h2-3,6-9,12H,1,4-5,10-11,13H2. The van der Waals surface area contributed by atoms with Crippen molar-refractivity contribution in [3.05, 3.63) is 42.5 Å². The first-order chi connectivity index (χ1) is 12.3. The average Bonchev–Trinajstić information content (AvgIpc) is 3.15. The average molecular weight is 353 g/mol. The number of carbonyl (C=O) groups excluding carboxylic acids is 1. The third-order valence-corrected chi connectivity index (χ3v) is 5.23. The Kier molecular flexibility index (Phi) is 4.70. The van der Waals surface area contributed by atoms with E-state index in [-0.39, 0.29) is 5.91 Å². The fraction of sp³-hybridized carbons (Fsp3) is 0.316. The van der Waals surface area contributed by atoms with Gasteiger partial charge in [0.15, 0.2) is 0 Å². The van der Waals surface area contributed by atoms with E-state index in [0.717, 1.165) is 36.9 Å². The maximum atomic E-state index is 12.2. The number of rotatable bonds is 4. The SMILES string of the molecule is O=C(CSc1nnc(-c2ccc3ccccc3c2)o1)N1CCCCC1. The number of carbonyl (C=O) groups is 1. The Hall–Kier alpha value is -2.34. The van der Waals surface area contributed by atoms with Crippen molar-refractivity contribution in [1.82, 2.24) is 15.1 Å². The predicted octanol–water partition coefficient (Wildman–Crippen LogP) is 3.99. The van der Waals surface area contributed by atoms with Crippen LogP contribution in [0.4, 0.5) is 0 Å². The largest absolute Gasteiger partial charge is 0.411 e.